The molecule has 24 heavy (non-hydrogen) atoms. The highest BCUT2D eigenvalue weighted by Gasteiger charge is 2.12. The van der Waals surface area contributed by atoms with Crippen molar-refractivity contribution in [3.8, 4) is 11.8 Å². The highest BCUT2D eigenvalue weighted by molar-refractivity contribution is 7.90. The third kappa shape index (κ3) is 4.83. The van der Waals surface area contributed by atoms with Crippen molar-refractivity contribution in [3.05, 3.63) is 59.7 Å². The summed E-state index contributed by atoms with van der Waals surface area (Å²) in [6.45, 7) is 0.158. The molecule has 0 heterocycles. The van der Waals surface area contributed by atoms with Gasteiger partial charge in [0.2, 0.25) is 0 Å². The van der Waals surface area contributed by atoms with Crippen LogP contribution in [0.1, 0.15) is 15.9 Å². The van der Waals surface area contributed by atoms with Gasteiger partial charge in [0.25, 0.3) is 0 Å². The van der Waals surface area contributed by atoms with Gasteiger partial charge < -0.3 is 9.47 Å². The molecular weight excluding hydrogens is 330 g/mol. The number of benzene rings is 2. The van der Waals surface area contributed by atoms with Crippen LogP contribution in [0.5, 0.6) is 5.75 Å². The Kier molecular flexibility index (Phi) is 5.55. The van der Waals surface area contributed by atoms with Crippen LogP contribution in [0.2, 0.25) is 0 Å². The van der Waals surface area contributed by atoms with Gasteiger partial charge in [-0.2, -0.15) is 5.26 Å². The number of ether oxygens (including phenoxy) is 2. The SMILES string of the molecule is CS(=O)(=O)c1cccc(C(=O)OCCOc2ccc(C#N)cc2)c1. The average Bonchev–Trinajstić information content (AvgIpc) is 2.58. The number of esters is 1. The van der Waals surface area contributed by atoms with E-state index in [4.69, 9.17) is 14.7 Å². The Hall–Kier alpha value is -2.85. The number of nitriles is 1. The van der Waals surface area contributed by atoms with Gasteiger partial charge in [0, 0.05) is 6.26 Å². The Morgan fingerprint density at radius 3 is 2.46 bits per heavy atom. The molecule has 2 rings (SSSR count). The fraction of sp³-hybridized carbons (Fsp3) is 0.176. The molecule has 0 fully saturated rings. The molecule has 0 spiro atoms. The van der Waals surface area contributed by atoms with Crippen molar-refractivity contribution >= 4 is 15.8 Å². The van der Waals surface area contributed by atoms with E-state index in [1.807, 2.05) is 6.07 Å². The monoisotopic (exact) mass is 345 g/mol. The number of carbonyl (C=O) groups excluding carboxylic acids is 1. The second kappa shape index (κ2) is 7.62. The van der Waals surface area contributed by atoms with E-state index >= 15 is 0 Å². The van der Waals surface area contributed by atoms with E-state index in [0.29, 0.717) is 11.3 Å². The van der Waals surface area contributed by atoms with Crippen LogP contribution in [0.25, 0.3) is 0 Å². The molecule has 0 aromatic heterocycles. The lowest BCUT2D eigenvalue weighted by Crippen LogP contribution is -2.13. The van der Waals surface area contributed by atoms with Crippen molar-refractivity contribution in [2.45, 2.75) is 4.90 Å². The Bertz CT molecular complexity index is 867. The minimum absolute atomic E-state index is 0.0158. The van der Waals surface area contributed by atoms with E-state index < -0.39 is 15.8 Å². The topological polar surface area (TPSA) is 93.5 Å². The van der Waals surface area contributed by atoms with Crippen LogP contribution in [0, 0.1) is 11.3 Å². The molecule has 0 amide bonds. The summed E-state index contributed by atoms with van der Waals surface area (Å²) in [7, 11) is -3.38. The van der Waals surface area contributed by atoms with Crippen molar-refractivity contribution in [2.24, 2.45) is 0 Å². The lowest BCUT2D eigenvalue weighted by molar-refractivity contribution is 0.0450. The van der Waals surface area contributed by atoms with Gasteiger partial charge in [0.15, 0.2) is 9.84 Å². The minimum Gasteiger partial charge on any atom is -0.490 e. The number of hydrogen-bond donors (Lipinski definition) is 0. The average molecular weight is 345 g/mol. The predicted octanol–water partition coefficient (Wildman–Crippen LogP) is 2.20. The highest BCUT2D eigenvalue weighted by atomic mass is 32.2. The first-order valence-corrected chi connectivity index (χ1v) is 8.89. The molecule has 2 aromatic carbocycles. The second-order valence-corrected chi connectivity index (χ2v) is 6.94. The highest BCUT2D eigenvalue weighted by Crippen LogP contribution is 2.13. The summed E-state index contributed by atoms with van der Waals surface area (Å²) >= 11 is 0. The first-order chi connectivity index (χ1) is 11.4. The van der Waals surface area contributed by atoms with Crippen LogP contribution >= 0.6 is 0 Å². The van der Waals surface area contributed by atoms with E-state index in [1.165, 1.54) is 24.3 Å². The molecule has 124 valence electrons. The molecule has 0 radical (unpaired) electrons. The van der Waals surface area contributed by atoms with E-state index in [0.717, 1.165) is 6.26 Å². The van der Waals surface area contributed by atoms with Gasteiger partial charge in [-0.3, -0.25) is 0 Å². The van der Waals surface area contributed by atoms with E-state index in [9.17, 15) is 13.2 Å². The van der Waals surface area contributed by atoms with E-state index in [1.54, 1.807) is 24.3 Å². The largest absolute Gasteiger partial charge is 0.490 e. The van der Waals surface area contributed by atoms with Crippen LogP contribution in [0.15, 0.2) is 53.4 Å². The maximum absolute atomic E-state index is 11.9. The number of rotatable bonds is 6. The molecule has 0 atom stereocenters. The molecule has 0 unspecified atom stereocenters. The molecule has 0 saturated carbocycles. The molecule has 2 aromatic rings. The van der Waals surface area contributed by atoms with Gasteiger partial charge in [-0.15, -0.1) is 0 Å². The van der Waals surface area contributed by atoms with Crippen molar-refractivity contribution in [1.29, 1.82) is 5.26 Å². The van der Waals surface area contributed by atoms with Gasteiger partial charge in [0.05, 0.1) is 22.1 Å². The molecule has 0 N–H and O–H groups in total. The third-order valence-corrected chi connectivity index (χ3v) is 4.18. The van der Waals surface area contributed by atoms with Crippen LogP contribution in [0.4, 0.5) is 0 Å². The fourth-order valence-electron chi connectivity index (χ4n) is 1.86. The quantitative estimate of drug-likeness (QED) is 0.588. The molecular formula is C17H15NO5S. The summed E-state index contributed by atoms with van der Waals surface area (Å²) in [5, 5.41) is 8.70. The summed E-state index contributed by atoms with van der Waals surface area (Å²) in [5.41, 5.74) is 0.691. The van der Waals surface area contributed by atoms with Gasteiger partial charge in [-0.1, -0.05) is 6.07 Å². The standard InChI is InChI=1S/C17H15NO5S/c1-24(20,21)16-4-2-3-14(11-16)17(19)23-10-9-22-15-7-5-13(12-18)6-8-15/h2-8,11H,9-10H2,1H3. The minimum atomic E-state index is -3.38. The molecule has 0 bridgehead atoms. The van der Waals surface area contributed by atoms with Gasteiger partial charge >= 0.3 is 5.97 Å². The zero-order valence-electron chi connectivity index (χ0n) is 12.9. The molecule has 6 nitrogen and oxygen atoms in total. The van der Waals surface area contributed by atoms with Crippen LogP contribution in [-0.4, -0.2) is 33.9 Å². The second-order valence-electron chi connectivity index (χ2n) is 4.92. The summed E-state index contributed by atoms with van der Waals surface area (Å²) in [6.07, 6.45) is 1.07. The maximum Gasteiger partial charge on any atom is 0.338 e. The van der Waals surface area contributed by atoms with Crippen molar-refractivity contribution in [2.75, 3.05) is 19.5 Å². The normalized spacial score (nSPS) is 10.7. The van der Waals surface area contributed by atoms with Crippen molar-refractivity contribution in [3.63, 3.8) is 0 Å². The first-order valence-electron chi connectivity index (χ1n) is 7.00. The molecule has 0 saturated heterocycles. The lowest BCUT2D eigenvalue weighted by Gasteiger charge is -2.08. The maximum atomic E-state index is 11.9. The fourth-order valence-corrected chi connectivity index (χ4v) is 2.52. The Morgan fingerprint density at radius 2 is 1.83 bits per heavy atom. The zero-order chi connectivity index (χ0) is 17.6. The third-order valence-electron chi connectivity index (χ3n) is 3.07. The van der Waals surface area contributed by atoms with Crippen molar-refractivity contribution < 1.29 is 22.7 Å². The Labute approximate surface area is 140 Å². The molecule has 0 aliphatic carbocycles. The Morgan fingerprint density at radius 1 is 1.12 bits per heavy atom. The van der Waals surface area contributed by atoms with Crippen molar-refractivity contribution in [1.82, 2.24) is 0 Å². The molecule has 7 heteroatoms. The zero-order valence-corrected chi connectivity index (χ0v) is 13.7. The van der Waals surface area contributed by atoms with Gasteiger partial charge in [-0.05, 0) is 42.5 Å². The number of hydrogen-bond acceptors (Lipinski definition) is 6. The van der Waals surface area contributed by atoms with Gasteiger partial charge in [0.1, 0.15) is 19.0 Å². The smallest absolute Gasteiger partial charge is 0.338 e. The lowest BCUT2D eigenvalue weighted by atomic mass is 10.2. The molecule has 0 aliphatic heterocycles. The van der Waals surface area contributed by atoms with Gasteiger partial charge in [-0.25, -0.2) is 13.2 Å². The van der Waals surface area contributed by atoms with Crippen LogP contribution < -0.4 is 4.74 Å². The van der Waals surface area contributed by atoms with E-state index in [2.05, 4.69) is 0 Å². The Balaban J connectivity index is 1.86. The summed E-state index contributed by atoms with van der Waals surface area (Å²) in [4.78, 5) is 12.0. The molecule has 0 aliphatic rings. The van der Waals surface area contributed by atoms with Crippen LogP contribution in [-0.2, 0) is 14.6 Å². The first kappa shape index (κ1) is 17.5. The van der Waals surface area contributed by atoms with Crippen LogP contribution in [0.3, 0.4) is 0 Å². The number of carbonyl (C=O) groups is 1. The predicted molar refractivity (Wildman–Crippen MR) is 86.5 cm³/mol. The summed E-state index contributed by atoms with van der Waals surface area (Å²) in [6, 6.07) is 14.2. The summed E-state index contributed by atoms with van der Waals surface area (Å²) in [5.74, 6) is -0.0620. The number of sulfone groups is 1. The summed E-state index contributed by atoms with van der Waals surface area (Å²) < 4.78 is 33.4. The number of nitrogens with zero attached hydrogens (tertiary/aromatic N) is 1. The van der Waals surface area contributed by atoms with E-state index in [-0.39, 0.29) is 23.7 Å².